The van der Waals surface area contributed by atoms with E-state index in [9.17, 15) is 14.4 Å². The molecule has 0 radical (unpaired) electrons. The standard InChI is InChI=1S/C24H29N3O3.C17H22O3/c1-18(2)7-6-8-19(3)14-16-30-21-12-10-20(11-13-21)24(29)26-17-23(28)27-22-9-4-5-15-25-22;1-13(2)5-4-6-14(3)11-12-20-16-9-7-15(8-10-16)17(18)19/h4-5,7,9-15H,6,8,16-17H2,1-3H3,(H,26,29)(H,25,27,28);5,7-11H,4,6,12H2,1-3H3,(H,18,19)/b19-14+;14-11+. The van der Waals surface area contributed by atoms with Gasteiger partial charge in [0, 0.05) is 11.8 Å². The van der Waals surface area contributed by atoms with Crippen molar-refractivity contribution in [2.75, 3.05) is 25.1 Å². The Morgan fingerprint density at radius 2 is 1.18 bits per heavy atom. The summed E-state index contributed by atoms with van der Waals surface area (Å²) in [6, 6.07) is 18.5. The van der Waals surface area contributed by atoms with Crippen molar-refractivity contribution in [3.05, 3.63) is 131 Å². The average molecular weight is 682 g/mol. The molecule has 3 rings (SSSR count). The highest BCUT2D eigenvalue weighted by molar-refractivity contribution is 5.99. The quantitative estimate of drug-likeness (QED) is 0.121. The number of allylic oxidation sites excluding steroid dienone is 6. The summed E-state index contributed by atoms with van der Waals surface area (Å²) in [5.74, 6) is 0.226. The van der Waals surface area contributed by atoms with Crippen LogP contribution in [0.5, 0.6) is 11.5 Å². The van der Waals surface area contributed by atoms with Crippen molar-refractivity contribution in [2.45, 2.75) is 67.2 Å². The fraction of sp³-hybridized carbons (Fsp3) is 0.317. The zero-order valence-electron chi connectivity index (χ0n) is 30.1. The van der Waals surface area contributed by atoms with Gasteiger partial charge >= 0.3 is 5.97 Å². The summed E-state index contributed by atoms with van der Waals surface area (Å²) >= 11 is 0. The van der Waals surface area contributed by atoms with Gasteiger partial charge in [-0.05, 0) is 140 Å². The summed E-state index contributed by atoms with van der Waals surface area (Å²) in [7, 11) is 0. The van der Waals surface area contributed by atoms with E-state index in [0.29, 0.717) is 36.1 Å². The maximum Gasteiger partial charge on any atom is 0.335 e. The van der Waals surface area contributed by atoms with Crippen LogP contribution in [0, 0.1) is 0 Å². The highest BCUT2D eigenvalue weighted by atomic mass is 16.5. The predicted molar refractivity (Wildman–Crippen MR) is 201 cm³/mol. The second kappa shape index (κ2) is 23.0. The lowest BCUT2D eigenvalue weighted by Crippen LogP contribution is -2.33. The molecule has 0 aliphatic rings. The minimum atomic E-state index is -0.924. The first-order valence-electron chi connectivity index (χ1n) is 16.7. The van der Waals surface area contributed by atoms with Gasteiger partial charge in [-0.25, -0.2) is 9.78 Å². The van der Waals surface area contributed by atoms with Gasteiger partial charge in [0.2, 0.25) is 5.91 Å². The minimum Gasteiger partial charge on any atom is -0.490 e. The van der Waals surface area contributed by atoms with Crippen LogP contribution < -0.4 is 20.1 Å². The molecule has 3 aromatic rings. The third-order valence-electron chi connectivity index (χ3n) is 7.11. The number of hydrogen-bond donors (Lipinski definition) is 3. The van der Waals surface area contributed by atoms with Crippen molar-refractivity contribution in [1.82, 2.24) is 10.3 Å². The molecule has 50 heavy (non-hydrogen) atoms. The third kappa shape index (κ3) is 18.2. The lowest BCUT2D eigenvalue weighted by Gasteiger charge is -2.08. The molecule has 0 spiro atoms. The number of anilines is 1. The largest absolute Gasteiger partial charge is 0.490 e. The number of nitrogens with one attached hydrogen (secondary N) is 2. The number of carboxylic acids is 1. The zero-order valence-corrected chi connectivity index (χ0v) is 30.1. The number of carbonyl (C=O) groups excluding carboxylic acids is 2. The van der Waals surface area contributed by atoms with Gasteiger partial charge in [-0.15, -0.1) is 0 Å². The van der Waals surface area contributed by atoms with E-state index >= 15 is 0 Å². The smallest absolute Gasteiger partial charge is 0.335 e. The van der Waals surface area contributed by atoms with Gasteiger partial charge in [-0.1, -0.05) is 40.5 Å². The van der Waals surface area contributed by atoms with E-state index in [1.54, 1.807) is 72.9 Å². The Balaban J connectivity index is 0.000000377. The monoisotopic (exact) mass is 681 g/mol. The number of aromatic carboxylic acids is 1. The topological polar surface area (TPSA) is 127 Å². The molecule has 3 N–H and O–H groups in total. The van der Waals surface area contributed by atoms with Crippen molar-refractivity contribution in [3.63, 3.8) is 0 Å². The van der Waals surface area contributed by atoms with Gasteiger partial charge in [-0.3, -0.25) is 9.59 Å². The molecule has 2 amide bonds. The van der Waals surface area contributed by atoms with Crippen LogP contribution >= 0.6 is 0 Å². The number of carbonyl (C=O) groups is 3. The minimum absolute atomic E-state index is 0.134. The molecule has 1 heterocycles. The maximum atomic E-state index is 12.2. The van der Waals surface area contributed by atoms with Gasteiger partial charge in [0.05, 0.1) is 12.1 Å². The number of rotatable bonds is 17. The summed E-state index contributed by atoms with van der Waals surface area (Å²) in [4.78, 5) is 38.8. The molecule has 9 heteroatoms. The van der Waals surface area contributed by atoms with Crippen molar-refractivity contribution < 1.29 is 29.0 Å². The maximum absolute atomic E-state index is 12.2. The first-order valence-corrected chi connectivity index (χ1v) is 16.7. The van der Waals surface area contributed by atoms with Gasteiger partial charge in [0.25, 0.3) is 5.91 Å². The second-order valence-electron chi connectivity index (χ2n) is 12.2. The van der Waals surface area contributed by atoms with Crippen LogP contribution in [0.1, 0.15) is 87.9 Å². The number of benzene rings is 2. The summed E-state index contributed by atoms with van der Waals surface area (Å²) in [6.45, 7) is 13.4. The van der Waals surface area contributed by atoms with Gasteiger partial charge in [0.15, 0.2) is 0 Å². The first-order chi connectivity index (χ1) is 23.9. The van der Waals surface area contributed by atoms with Crippen molar-refractivity contribution >= 4 is 23.6 Å². The van der Waals surface area contributed by atoms with Crippen molar-refractivity contribution in [1.29, 1.82) is 0 Å². The molecule has 1 aromatic heterocycles. The van der Waals surface area contributed by atoms with Gasteiger partial charge in [0.1, 0.15) is 30.5 Å². The first kappa shape index (κ1) is 40.7. The van der Waals surface area contributed by atoms with E-state index in [2.05, 4.69) is 81.5 Å². The molecule has 0 saturated heterocycles. The highest BCUT2D eigenvalue weighted by Crippen LogP contribution is 2.15. The summed E-state index contributed by atoms with van der Waals surface area (Å²) in [5, 5.41) is 14.0. The van der Waals surface area contributed by atoms with Crippen molar-refractivity contribution in [2.24, 2.45) is 0 Å². The normalized spacial score (nSPS) is 10.9. The van der Waals surface area contributed by atoms with Gasteiger partial charge < -0.3 is 25.2 Å². The van der Waals surface area contributed by atoms with E-state index in [-0.39, 0.29) is 23.9 Å². The predicted octanol–water partition coefficient (Wildman–Crippen LogP) is 8.98. The van der Waals surface area contributed by atoms with Crippen LogP contribution in [-0.4, -0.2) is 47.6 Å². The molecule has 0 bridgehead atoms. The molecule has 266 valence electrons. The number of ether oxygens (including phenoxy) is 2. The Kier molecular flexibility index (Phi) is 18.7. The number of aromatic nitrogens is 1. The zero-order chi connectivity index (χ0) is 36.7. The lowest BCUT2D eigenvalue weighted by atomic mass is 10.1. The molecule has 0 saturated carbocycles. The molecular formula is C41H51N3O6. The number of hydrogen-bond acceptors (Lipinski definition) is 6. The van der Waals surface area contributed by atoms with Crippen LogP contribution in [0.25, 0.3) is 0 Å². The number of amides is 2. The van der Waals surface area contributed by atoms with Crippen LogP contribution in [0.4, 0.5) is 5.82 Å². The third-order valence-corrected chi connectivity index (χ3v) is 7.11. The Bertz CT molecular complexity index is 1610. The number of pyridine rings is 1. The fourth-order valence-corrected chi connectivity index (χ4v) is 4.22. The SMILES string of the molecule is CC(C)=CCC/C(C)=C/COc1ccc(C(=O)NCC(=O)Nc2ccccn2)cc1.CC(C)=CCC/C(C)=C/COc1ccc(C(=O)O)cc1. The Labute approximate surface area is 296 Å². The van der Waals surface area contributed by atoms with Gasteiger partial charge in [-0.2, -0.15) is 0 Å². The Morgan fingerprint density at radius 1 is 0.680 bits per heavy atom. The van der Waals surface area contributed by atoms with Crippen LogP contribution in [-0.2, 0) is 4.79 Å². The number of nitrogens with zero attached hydrogens (tertiary/aromatic N) is 1. The Morgan fingerprint density at radius 3 is 1.62 bits per heavy atom. The van der Waals surface area contributed by atoms with E-state index in [1.165, 1.54) is 22.3 Å². The Hall–Kier alpha value is -5.44. The summed E-state index contributed by atoms with van der Waals surface area (Å²) in [6.07, 6.45) is 14.3. The molecule has 2 aromatic carbocycles. The highest BCUT2D eigenvalue weighted by Gasteiger charge is 2.09. The molecule has 0 aliphatic heterocycles. The average Bonchev–Trinajstić information content (AvgIpc) is 3.08. The van der Waals surface area contributed by atoms with Crippen LogP contribution in [0.2, 0.25) is 0 Å². The summed E-state index contributed by atoms with van der Waals surface area (Å²) in [5.41, 5.74) is 5.98. The van der Waals surface area contributed by atoms with E-state index in [0.717, 1.165) is 25.7 Å². The summed E-state index contributed by atoms with van der Waals surface area (Å²) < 4.78 is 11.3. The van der Waals surface area contributed by atoms with E-state index in [1.807, 2.05) is 0 Å². The van der Waals surface area contributed by atoms with Crippen molar-refractivity contribution in [3.8, 4) is 11.5 Å². The second-order valence-corrected chi connectivity index (χ2v) is 12.2. The van der Waals surface area contributed by atoms with E-state index in [4.69, 9.17) is 14.6 Å². The number of carboxylic acid groups (broad SMARTS) is 1. The van der Waals surface area contributed by atoms with Crippen LogP contribution in [0.3, 0.4) is 0 Å². The molecule has 9 nitrogen and oxygen atoms in total. The van der Waals surface area contributed by atoms with E-state index < -0.39 is 5.97 Å². The molecular weight excluding hydrogens is 630 g/mol. The molecule has 0 aliphatic carbocycles. The lowest BCUT2D eigenvalue weighted by molar-refractivity contribution is -0.115. The molecule has 0 atom stereocenters. The van der Waals surface area contributed by atoms with Crippen LogP contribution in [0.15, 0.2) is 120 Å². The molecule has 0 fully saturated rings. The molecule has 0 unspecified atom stereocenters. The fourth-order valence-electron chi connectivity index (χ4n) is 4.22.